The predicted molar refractivity (Wildman–Crippen MR) is 132 cm³/mol. The molecule has 2 rings (SSSR count). The standard InChI is InChI=1S/C29H54O/c30-29(27-23-19-15-11-7-3-1-4-8-12-16-20-24-27)28-25-21-17-13-9-5-2-6-10-14-18-22-26-28/h27-28H,1-26H2. The van der Waals surface area contributed by atoms with Crippen LogP contribution in [-0.4, -0.2) is 5.78 Å². The van der Waals surface area contributed by atoms with Crippen molar-refractivity contribution < 1.29 is 4.79 Å². The van der Waals surface area contributed by atoms with E-state index < -0.39 is 0 Å². The molecule has 0 spiro atoms. The summed E-state index contributed by atoms with van der Waals surface area (Å²) in [6, 6.07) is 0. The molecule has 0 aliphatic heterocycles. The largest absolute Gasteiger partial charge is 0.299 e. The fourth-order valence-corrected chi connectivity index (χ4v) is 5.94. The molecule has 0 saturated heterocycles. The summed E-state index contributed by atoms with van der Waals surface area (Å²) in [7, 11) is 0. The van der Waals surface area contributed by atoms with Crippen LogP contribution in [0.15, 0.2) is 0 Å². The van der Waals surface area contributed by atoms with Gasteiger partial charge in [0, 0.05) is 11.8 Å². The molecule has 176 valence electrons. The highest BCUT2D eigenvalue weighted by Crippen LogP contribution is 2.29. The lowest BCUT2D eigenvalue weighted by atomic mass is 9.80. The van der Waals surface area contributed by atoms with Gasteiger partial charge in [-0.25, -0.2) is 0 Å². The first kappa shape index (κ1) is 25.9. The van der Waals surface area contributed by atoms with Gasteiger partial charge in [-0.2, -0.15) is 0 Å². The third-order valence-corrected chi connectivity index (χ3v) is 8.02. The Kier molecular flexibility index (Phi) is 15.8. The Morgan fingerprint density at radius 3 is 0.667 bits per heavy atom. The second-order valence-corrected chi connectivity index (χ2v) is 10.7. The number of rotatable bonds is 2. The quantitative estimate of drug-likeness (QED) is 0.436. The smallest absolute Gasteiger partial charge is 0.139 e. The fourth-order valence-electron chi connectivity index (χ4n) is 5.94. The number of carbonyl (C=O) groups excluding carboxylic acids is 1. The molecule has 2 saturated carbocycles. The van der Waals surface area contributed by atoms with Crippen molar-refractivity contribution in [2.24, 2.45) is 11.8 Å². The second-order valence-electron chi connectivity index (χ2n) is 10.7. The van der Waals surface area contributed by atoms with Crippen molar-refractivity contribution in [2.75, 3.05) is 0 Å². The predicted octanol–water partition coefficient (Wildman–Crippen LogP) is 9.96. The van der Waals surface area contributed by atoms with Gasteiger partial charge in [0.1, 0.15) is 5.78 Å². The summed E-state index contributed by atoms with van der Waals surface area (Å²) in [4.78, 5) is 13.6. The van der Waals surface area contributed by atoms with Crippen LogP contribution in [0, 0.1) is 11.8 Å². The van der Waals surface area contributed by atoms with Crippen molar-refractivity contribution in [2.45, 2.75) is 167 Å². The van der Waals surface area contributed by atoms with Crippen molar-refractivity contribution in [3.63, 3.8) is 0 Å². The van der Waals surface area contributed by atoms with E-state index in [1.165, 1.54) is 167 Å². The van der Waals surface area contributed by atoms with Gasteiger partial charge in [-0.3, -0.25) is 4.79 Å². The Morgan fingerprint density at radius 2 is 0.467 bits per heavy atom. The minimum absolute atomic E-state index is 0.386. The Balaban J connectivity index is 1.86. The number of hydrogen-bond acceptors (Lipinski definition) is 1. The van der Waals surface area contributed by atoms with E-state index >= 15 is 0 Å². The Morgan fingerprint density at radius 1 is 0.300 bits per heavy atom. The summed E-state index contributed by atoms with van der Waals surface area (Å²) in [5.74, 6) is 1.46. The van der Waals surface area contributed by atoms with Gasteiger partial charge in [-0.05, 0) is 25.7 Å². The van der Waals surface area contributed by atoms with Crippen LogP contribution in [0.2, 0.25) is 0 Å². The van der Waals surface area contributed by atoms with E-state index in [4.69, 9.17) is 0 Å². The molecule has 1 nitrogen and oxygen atoms in total. The van der Waals surface area contributed by atoms with Gasteiger partial charge in [-0.15, -0.1) is 0 Å². The van der Waals surface area contributed by atoms with Gasteiger partial charge in [0.05, 0.1) is 0 Å². The van der Waals surface area contributed by atoms with Crippen molar-refractivity contribution >= 4 is 5.78 Å². The van der Waals surface area contributed by atoms with Crippen LogP contribution in [0.4, 0.5) is 0 Å². The first-order valence-electron chi connectivity index (χ1n) is 14.4. The zero-order valence-electron chi connectivity index (χ0n) is 20.4. The molecule has 0 atom stereocenters. The van der Waals surface area contributed by atoms with Crippen LogP contribution < -0.4 is 0 Å². The van der Waals surface area contributed by atoms with Crippen LogP contribution in [-0.2, 0) is 4.79 Å². The maximum atomic E-state index is 13.6. The van der Waals surface area contributed by atoms with E-state index in [1.807, 2.05) is 0 Å². The molecule has 2 aliphatic rings. The Hall–Kier alpha value is -0.330. The average molecular weight is 419 g/mol. The molecule has 0 aromatic carbocycles. The summed E-state index contributed by atoms with van der Waals surface area (Å²) in [5.41, 5.74) is 0. The van der Waals surface area contributed by atoms with Crippen molar-refractivity contribution in [1.82, 2.24) is 0 Å². The van der Waals surface area contributed by atoms with Crippen molar-refractivity contribution in [1.29, 1.82) is 0 Å². The third-order valence-electron chi connectivity index (χ3n) is 8.02. The Labute approximate surface area is 189 Å². The number of carbonyl (C=O) groups is 1. The molecule has 1 heteroatoms. The molecule has 0 aromatic rings. The summed E-state index contributed by atoms with van der Waals surface area (Å²) >= 11 is 0. The lowest BCUT2D eigenvalue weighted by molar-refractivity contribution is -0.128. The first-order valence-corrected chi connectivity index (χ1v) is 14.4. The number of Topliss-reactive ketones (excluding diaryl/α,β-unsaturated/α-hetero) is 1. The molecule has 0 radical (unpaired) electrons. The van der Waals surface area contributed by atoms with E-state index in [9.17, 15) is 4.79 Å². The minimum atomic E-state index is 0.386. The van der Waals surface area contributed by atoms with Gasteiger partial charge in [0.15, 0.2) is 0 Å². The van der Waals surface area contributed by atoms with Gasteiger partial charge in [-0.1, -0.05) is 141 Å². The minimum Gasteiger partial charge on any atom is -0.299 e. The summed E-state index contributed by atoms with van der Waals surface area (Å²) in [5, 5.41) is 0. The van der Waals surface area contributed by atoms with E-state index in [-0.39, 0.29) is 0 Å². The maximum Gasteiger partial charge on any atom is 0.139 e. The maximum absolute atomic E-state index is 13.6. The third kappa shape index (κ3) is 12.5. The average Bonchev–Trinajstić information content (AvgIpc) is 2.76. The van der Waals surface area contributed by atoms with Crippen LogP contribution in [0.1, 0.15) is 167 Å². The van der Waals surface area contributed by atoms with Crippen molar-refractivity contribution in [3.8, 4) is 0 Å². The second kappa shape index (κ2) is 18.3. The molecular weight excluding hydrogens is 364 g/mol. The molecule has 2 fully saturated rings. The topological polar surface area (TPSA) is 17.1 Å². The normalized spacial score (nSPS) is 25.1. The number of ketones is 1. The summed E-state index contributed by atoms with van der Waals surface area (Å²) in [6.07, 6.45) is 35.2. The fraction of sp³-hybridized carbons (Fsp3) is 0.966. The molecule has 30 heavy (non-hydrogen) atoms. The van der Waals surface area contributed by atoms with E-state index in [0.29, 0.717) is 17.6 Å². The highest BCUT2D eigenvalue weighted by atomic mass is 16.1. The molecule has 2 aliphatic carbocycles. The van der Waals surface area contributed by atoms with E-state index in [0.717, 1.165) is 0 Å². The van der Waals surface area contributed by atoms with Gasteiger partial charge >= 0.3 is 0 Å². The SMILES string of the molecule is O=C(C1CCCCCCCCCCCCC1)C1CCCCCCCCCCCCC1. The van der Waals surface area contributed by atoms with Crippen LogP contribution >= 0.6 is 0 Å². The van der Waals surface area contributed by atoms with Crippen LogP contribution in [0.3, 0.4) is 0 Å². The monoisotopic (exact) mass is 418 g/mol. The molecular formula is C29H54O. The molecule has 0 bridgehead atoms. The van der Waals surface area contributed by atoms with Crippen LogP contribution in [0.5, 0.6) is 0 Å². The summed E-state index contributed by atoms with van der Waals surface area (Å²) in [6.45, 7) is 0. The highest BCUT2D eigenvalue weighted by molar-refractivity contribution is 5.83. The van der Waals surface area contributed by atoms with Crippen molar-refractivity contribution in [3.05, 3.63) is 0 Å². The van der Waals surface area contributed by atoms with E-state index in [2.05, 4.69) is 0 Å². The highest BCUT2D eigenvalue weighted by Gasteiger charge is 2.26. The lowest BCUT2D eigenvalue weighted by Crippen LogP contribution is -2.24. The molecule has 0 N–H and O–H groups in total. The summed E-state index contributed by atoms with van der Waals surface area (Å²) < 4.78 is 0. The first-order chi connectivity index (χ1) is 14.9. The lowest BCUT2D eigenvalue weighted by Gasteiger charge is -2.23. The van der Waals surface area contributed by atoms with Gasteiger partial charge in [0.2, 0.25) is 0 Å². The number of hydrogen-bond donors (Lipinski definition) is 0. The molecule has 0 aromatic heterocycles. The Bertz CT molecular complexity index is 337. The zero-order chi connectivity index (χ0) is 21.1. The van der Waals surface area contributed by atoms with Crippen LogP contribution in [0.25, 0.3) is 0 Å². The molecule has 0 heterocycles. The van der Waals surface area contributed by atoms with Gasteiger partial charge < -0.3 is 0 Å². The van der Waals surface area contributed by atoms with Gasteiger partial charge in [0.25, 0.3) is 0 Å². The zero-order valence-corrected chi connectivity index (χ0v) is 20.4. The molecule has 0 amide bonds. The van der Waals surface area contributed by atoms with E-state index in [1.54, 1.807) is 0 Å². The molecule has 0 unspecified atom stereocenters.